The Morgan fingerprint density at radius 1 is 1.39 bits per heavy atom. The first-order valence-electron chi connectivity index (χ1n) is 7.46. The van der Waals surface area contributed by atoms with Gasteiger partial charge in [0.05, 0.1) is 12.6 Å². The third kappa shape index (κ3) is 4.74. The molecule has 5 nitrogen and oxygen atoms in total. The fraction of sp³-hybridized carbons (Fsp3) is 0.353. The van der Waals surface area contributed by atoms with Crippen molar-refractivity contribution in [3.63, 3.8) is 0 Å². The lowest BCUT2D eigenvalue weighted by molar-refractivity contribution is 0.179. The molecule has 0 amide bonds. The predicted molar refractivity (Wildman–Crippen MR) is 94.7 cm³/mol. The molecule has 2 rings (SSSR count). The molecular formula is C17H23ClN4O. The Balaban J connectivity index is 1.93. The van der Waals surface area contributed by atoms with E-state index >= 15 is 0 Å². The van der Waals surface area contributed by atoms with Gasteiger partial charge in [-0.25, -0.2) is 0 Å². The molecule has 2 aromatic rings. The van der Waals surface area contributed by atoms with Crippen LogP contribution in [0.1, 0.15) is 17.4 Å². The maximum atomic E-state index is 10.3. The van der Waals surface area contributed by atoms with Gasteiger partial charge in [-0.1, -0.05) is 23.7 Å². The average Bonchev–Trinajstić information content (AvgIpc) is 2.92. The highest BCUT2D eigenvalue weighted by molar-refractivity contribution is 6.30. The van der Waals surface area contributed by atoms with Crippen molar-refractivity contribution in [3.8, 4) is 0 Å². The minimum absolute atomic E-state index is 0.366. The number of hydrogen-bond donors (Lipinski definition) is 2. The van der Waals surface area contributed by atoms with Crippen molar-refractivity contribution in [1.82, 2.24) is 14.8 Å². The van der Waals surface area contributed by atoms with Crippen LogP contribution >= 0.6 is 11.6 Å². The van der Waals surface area contributed by atoms with Gasteiger partial charge in [-0.15, -0.1) is 0 Å². The lowest BCUT2D eigenvalue weighted by atomic mass is 10.1. The molecule has 1 unspecified atom stereocenters. The van der Waals surface area contributed by atoms with Gasteiger partial charge in [0.2, 0.25) is 0 Å². The van der Waals surface area contributed by atoms with Gasteiger partial charge < -0.3 is 19.9 Å². The van der Waals surface area contributed by atoms with Gasteiger partial charge >= 0.3 is 0 Å². The second-order valence-electron chi connectivity index (χ2n) is 5.47. The van der Waals surface area contributed by atoms with Gasteiger partial charge in [0.25, 0.3) is 0 Å². The first kappa shape index (κ1) is 17.4. The van der Waals surface area contributed by atoms with Gasteiger partial charge in [-0.3, -0.25) is 4.99 Å². The van der Waals surface area contributed by atoms with E-state index in [0.717, 1.165) is 18.1 Å². The van der Waals surface area contributed by atoms with Crippen LogP contribution in [0.25, 0.3) is 0 Å². The van der Waals surface area contributed by atoms with Crippen LogP contribution in [0.3, 0.4) is 0 Å². The normalized spacial score (nSPS) is 13.0. The van der Waals surface area contributed by atoms with E-state index in [1.165, 1.54) is 5.69 Å². The molecule has 0 fully saturated rings. The Bertz CT molecular complexity index is 668. The zero-order valence-corrected chi connectivity index (χ0v) is 14.5. The molecule has 0 saturated heterocycles. The molecule has 1 aromatic heterocycles. The molecule has 6 heteroatoms. The summed E-state index contributed by atoms with van der Waals surface area (Å²) < 4.78 is 2.07. The summed E-state index contributed by atoms with van der Waals surface area (Å²) in [7, 11) is 5.71. The van der Waals surface area contributed by atoms with Crippen LogP contribution in [-0.4, -0.2) is 41.2 Å². The van der Waals surface area contributed by atoms with Gasteiger partial charge in [-0.2, -0.15) is 0 Å². The first-order valence-corrected chi connectivity index (χ1v) is 7.84. The molecular weight excluding hydrogens is 312 g/mol. The van der Waals surface area contributed by atoms with Crippen LogP contribution in [0.4, 0.5) is 0 Å². The van der Waals surface area contributed by atoms with Crippen molar-refractivity contribution < 1.29 is 5.11 Å². The van der Waals surface area contributed by atoms with Crippen molar-refractivity contribution >= 4 is 17.6 Å². The number of aromatic nitrogens is 1. The average molecular weight is 335 g/mol. The second kappa shape index (κ2) is 8.04. The molecule has 23 heavy (non-hydrogen) atoms. The third-order valence-corrected chi connectivity index (χ3v) is 3.95. The Labute approximate surface area is 142 Å². The standard InChI is InChI=1S/C17H23ClN4O/c1-19-17(22(3)12-15-8-5-9-21(15)2)20-11-16(23)13-6-4-7-14(18)10-13/h4-10,16,23H,11-12H2,1-3H3,(H,19,20). The summed E-state index contributed by atoms with van der Waals surface area (Å²) in [6, 6.07) is 11.3. The number of aliphatic imine (C=N–C) groups is 1. The largest absolute Gasteiger partial charge is 0.387 e. The summed E-state index contributed by atoms with van der Waals surface area (Å²) in [4.78, 5) is 6.28. The van der Waals surface area contributed by atoms with Crippen molar-refractivity contribution in [2.24, 2.45) is 12.0 Å². The fourth-order valence-electron chi connectivity index (χ4n) is 2.38. The smallest absolute Gasteiger partial charge is 0.193 e. The van der Waals surface area contributed by atoms with Gasteiger partial charge in [0.1, 0.15) is 0 Å². The van der Waals surface area contributed by atoms with E-state index in [1.807, 2.05) is 43.4 Å². The summed E-state index contributed by atoms with van der Waals surface area (Å²) in [6.45, 7) is 1.10. The summed E-state index contributed by atoms with van der Waals surface area (Å²) in [5.74, 6) is 0.729. The maximum Gasteiger partial charge on any atom is 0.193 e. The van der Waals surface area contributed by atoms with E-state index in [4.69, 9.17) is 11.6 Å². The monoisotopic (exact) mass is 334 g/mol. The van der Waals surface area contributed by atoms with Crippen LogP contribution in [0.5, 0.6) is 0 Å². The summed E-state index contributed by atoms with van der Waals surface area (Å²) in [5.41, 5.74) is 1.97. The van der Waals surface area contributed by atoms with E-state index in [9.17, 15) is 5.11 Å². The van der Waals surface area contributed by atoms with Gasteiger partial charge in [0.15, 0.2) is 5.96 Å². The number of nitrogens with one attached hydrogen (secondary N) is 1. The number of hydrogen-bond acceptors (Lipinski definition) is 2. The molecule has 1 atom stereocenters. The molecule has 124 valence electrons. The van der Waals surface area contributed by atoms with E-state index in [0.29, 0.717) is 11.6 Å². The van der Waals surface area contributed by atoms with Gasteiger partial charge in [-0.05, 0) is 29.8 Å². The van der Waals surface area contributed by atoms with Gasteiger partial charge in [0, 0.05) is 44.6 Å². The molecule has 0 spiro atoms. The molecule has 2 N–H and O–H groups in total. The number of guanidine groups is 1. The highest BCUT2D eigenvalue weighted by Gasteiger charge is 2.12. The van der Waals surface area contributed by atoms with Crippen molar-refractivity contribution in [2.75, 3.05) is 20.6 Å². The number of rotatable bonds is 5. The number of benzene rings is 1. The Hall–Kier alpha value is -1.98. The molecule has 0 aliphatic heterocycles. The fourth-order valence-corrected chi connectivity index (χ4v) is 2.58. The summed E-state index contributed by atoms with van der Waals surface area (Å²) in [5, 5.41) is 14.1. The zero-order valence-electron chi connectivity index (χ0n) is 13.7. The van der Waals surface area contributed by atoms with E-state index in [1.54, 1.807) is 19.2 Å². The Kier molecular flexibility index (Phi) is 6.07. The Morgan fingerprint density at radius 3 is 2.78 bits per heavy atom. The topological polar surface area (TPSA) is 52.8 Å². The minimum Gasteiger partial charge on any atom is -0.387 e. The number of halogens is 1. The van der Waals surface area contributed by atoms with Crippen LogP contribution in [0.15, 0.2) is 47.6 Å². The van der Waals surface area contributed by atoms with Crippen LogP contribution in [0.2, 0.25) is 5.02 Å². The molecule has 0 aliphatic rings. The second-order valence-corrected chi connectivity index (χ2v) is 5.90. The number of aryl methyl sites for hydroxylation is 1. The predicted octanol–water partition coefficient (Wildman–Crippen LogP) is 2.42. The first-order chi connectivity index (χ1) is 11.0. The van der Waals surface area contributed by atoms with E-state index < -0.39 is 6.10 Å². The van der Waals surface area contributed by atoms with Crippen LogP contribution in [0, 0.1) is 0 Å². The van der Waals surface area contributed by atoms with Crippen LogP contribution < -0.4 is 5.32 Å². The molecule has 1 heterocycles. The van der Waals surface area contributed by atoms with Crippen molar-refractivity contribution in [1.29, 1.82) is 0 Å². The van der Waals surface area contributed by atoms with Crippen LogP contribution in [-0.2, 0) is 13.6 Å². The van der Waals surface area contributed by atoms with Crippen molar-refractivity contribution in [2.45, 2.75) is 12.6 Å². The minimum atomic E-state index is -0.645. The highest BCUT2D eigenvalue weighted by Crippen LogP contribution is 2.17. The molecule has 0 aliphatic carbocycles. The summed E-state index contributed by atoms with van der Waals surface area (Å²) >= 11 is 5.96. The molecule has 0 radical (unpaired) electrons. The number of aliphatic hydroxyl groups excluding tert-OH is 1. The highest BCUT2D eigenvalue weighted by atomic mass is 35.5. The van der Waals surface area contributed by atoms with E-state index in [-0.39, 0.29) is 0 Å². The molecule has 0 saturated carbocycles. The maximum absolute atomic E-state index is 10.3. The zero-order chi connectivity index (χ0) is 16.8. The van der Waals surface area contributed by atoms with E-state index in [2.05, 4.69) is 20.9 Å². The number of nitrogens with zero attached hydrogens (tertiary/aromatic N) is 3. The van der Waals surface area contributed by atoms with Crippen molar-refractivity contribution in [3.05, 3.63) is 58.9 Å². The quantitative estimate of drug-likeness (QED) is 0.652. The third-order valence-electron chi connectivity index (χ3n) is 3.71. The molecule has 1 aromatic carbocycles. The SMILES string of the molecule is CN=C(NCC(O)c1cccc(Cl)c1)N(C)Cc1cccn1C. The number of aliphatic hydroxyl groups is 1. The lowest BCUT2D eigenvalue weighted by Gasteiger charge is -2.23. The lowest BCUT2D eigenvalue weighted by Crippen LogP contribution is -2.40. The Morgan fingerprint density at radius 2 is 2.17 bits per heavy atom. The molecule has 0 bridgehead atoms. The summed E-state index contributed by atoms with van der Waals surface area (Å²) in [6.07, 6.45) is 1.37.